The second-order valence-electron chi connectivity index (χ2n) is 27.1. The lowest BCUT2D eigenvalue weighted by atomic mass is 9.97. The summed E-state index contributed by atoms with van der Waals surface area (Å²) in [6, 6.07) is -0.914. The average Bonchev–Trinajstić information content (AvgIpc) is 1.28. The highest BCUT2D eigenvalue weighted by Gasteiger charge is 2.51. The number of aliphatic hydroxyl groups is 8. The van der Waals surface area contributed by atoms with Crippen LogP contribution in [0.5, 0.6) is 0 Å². The van der Waals surface area contributed by atoms with Gasteiger partial charge in [0.1, 0.15) is 48.8 Å². The Kier molecular flexibility index (Phi) is 57.0. The first-order valence-electron chi connectivity index (χ1n) is 38.2. The van der Waals surface area contributed by atoms with Crippen LogP contribution < -0.4 is 5.32 Å². The van der Waals surface area contributed by atoms with E-state index >= 15 is 0 Å². The Morgan fingerprint density at radius 2 is 0.733 bits per heavy atom. The van der Waals surface area contributed by atoms with Gasteiger partial charge in [0.25, 0.3) is 0 Å². The minimum absolute atomic E-state index is 0.232. The van der Waals surface area contributed by atoms with E-state index in [1.165, 1.54) is 276 Å². The molecule has 2 fully saturated rings. The maximum Gasteiger partial charge on any atom is 0.220 e. The Bertz CT molecular complexity index is 1650. The van der Waals surface area contributed by atoms with Crippen molar-refractivity contribution in [3.63, 3.8) is 0 Å². The van der Waals surface area contributed by atoms with Crippen LogP contribution >= 0.6 is 0 Å². The highest BCUT2D eigenvalue weighted by molar-refractivity contribution is 5.76. The van der Waals surface area contributed by atoms with Crippen LogP contribution in [0, 0.1) is 0 Å². The zero-order valence-electron chi connectivity index (χ0n) is 57.9. The number of rotatable bonds is 64. The van der Waals surface area contributed by atoms with Crippen molar-refractivity contribution in [2.45, 2.75) is 421 Å². The molecule has 2 aliphatic heterocycles. The lowest BCUT2D eigenvalue weighted by Gasteiger charge is -2.46. The highest BCUT2D eigenvalue weighted by Crippen LogP contribution is 2.30. The van der Waals surface area contributed by atoms with Crippen LogP contribution in [0.1, 0.15) is 348 Å². The quantitative estimate of drug-likeness (QED) is 0.0204. The van der Waals surface area contributed by atoms with E-state index in [0.717, 1.165) is 44.9 Å². The number of unbranched alkanes of at least 4 members (excludes halogenated alkanes) is 47. The van der Waals surface area contributed by atoms with Gasteiger partial charge in [0.15, 0.2) is 12.6 Å². The van der Waals surface area contributed by atoms with Crippen LogP contribution in [-0.4, -0.2) is 140 Å². The summed E-state index contributed by atoms with van der Waals surface area (Å²) in [4.78, 5) is 13.4. The molecule has 0 radical (unpaired) electrons. The number of hydrogen-bond donors (Lipinski definition) is 9. The van der Waals surface area contributed by atoms with Gasteiger partial charge in [0, 0.05) is 6.42 Å². The molecule has 2 rings (SSSR count). The summed E-state index contributed by atoms with van der Waals surface area (Å²) in [7, 11) is 0. The minimum atomic E-state index is -1.79. The Hall–Kier alpha value is -1.79. The molecule has 12 atom stereocenters. The van der Waals surface area contributed by atoms with E-state index < -0.39 is 86.8 Å². The molecular formula is C76H143NO13. The monoisotopic (exact) mass is 1280 g/mol. The lowest BCUT2D eigenvalue weighted by Crippen LogP contribution is -2.65. The van der Waals surface area contributed by atoms with Gasteiger partial charge in [0.2, 0.25) is 5.91 Å². The second kappa shape index (κ2) is 60.8. The molecule has 9 N–H and O–H groups in total. The fourth-order valence-electron chi connectivity index (χ4n) is 12.7. The predicted octanol–water partition coefficient (Wildman–Crippen LogP) is 16.5. The van der Waals surface area contributed by atoms with E-state index in [1.54, 1.807) is 6.08 Å². The first kappa shape index (κ1) is 84.3. The Labute approximate surface area is 551 Å². The van der Waals surface area contributed by atoms with Crippen molar-refractivity contribution in [1.82, 2.24) is 5.32 Å². The number of carbonyl (C=O) groups is 1. The molecule has 90 heavy (non-hydrogen) atoms. The topological polar surface area (TPSA) is 228 Å². The molecule has 530 valence electrons. The van der Waals surface area contributed by atoms with Crippen molar-refractivity contribution in [1.29, 1.82) is 0 Å². The fraction of sp³-hybridized carbons (Fsp3) is 0.908. The van der Waals surface area contributed by atoms with Crippen LogP contribution in [0.25, 0.3) is 0 Å². The van der Waals surface area contributed by atoms with Gasteiger partial charge in [-0.25, -0.2) is 0 Å². The average molecular weight is 1280 g/mol. The predicted molar refractivity (Wildman–Crippen MR) is 369 cm³/mol. The number of nitrogens with one attached hydrogen (secondary N) is 1. The summed E-state index contributed by atoms with van der Waals surface area (Å²) < 4.78 is 22.9. The summed E-state index contributed by atoms with van der Waals surface area (Å²) >= 11 is 0. The van der Waals surface area contributed by atoms with Crippen molar-refractivity contribution >= 4 is 5.91 Å². The molecule has 1 amide bonds. The number of hydrogen-bond acceptors (Lipinski definition) is 13. The van der Waals surface area contributed by atoms with E-state index in [2.05, 4.69) is 43.5 Å². The maximum atomic E-state index is 13.4. The lowest BCUT2D eigenvalue weighted by molar-refractivity contribution is -0.359. The number of amides is 1. The third-order valence-corrected chi connectivity index (χ3v) is 18.8. The summed E-state index contributed by atoms with van der Waals surface area (Å²) in [5, 5.41) is 87.5. The van der Waals surface area contributed by atoms with Gasteiger partial charge in [-0.05, 0) is 51.4 Å². The van der Waals surface area contributed by atoms with Gasteiger partial charge in [-0.15, -0.1) is 0 Å². The van der Waals surface area contributed by atoms with Crippen molar-refractivity contribution in [2.24, 2.45) is 0 Å². The molecule has 0 bridgehead atoms. The van der Waals surface area contributed by atoms with Crippen LogP contribution in [0.15, 0.2) is 36.5 Å². The van der Waals surface area contributed by atoms with E-state index in [1.807, 2.05) is 6.08 Å². The van der Waals surface area contributed by atoms with Gasteiger partial charge in [0.05, 0.1) is 32.0 Å². The second-order valence-corrected chi connectivity index (χ2v) is 27.1. The minimum Gasteiger partial charge on any atom is -0.394 e. The van der Waals surface area contributed by atoms with E-state index in [0.29, 0.717) is 6.42 Å². The standard InChI is InChI=1S/C76H143NO13/c1-3-5-7-9-11-13-15-17-19-21-23-25-26-27-28-29-30-31-32-33-34-35-36-37-38-40-42-44-46-48-50-52-54-56-58-60-68(81)77-64(65(80)59-57-55-53-51-49-47-45-43-41-39-24-22-20-18-16-14-12-10-8-6-4-2)63-87-75-73(86)71(84)74(67(62-79)89-75)90-76-72(85)70(83)69(82)66(61-78)88-76/h15,17,21,23,57,59,64-67,69-76,78-80,82-86H,3-14,16,18-20,22,24-56,58,60-63H2,1-2H3,(H,77,81)/b17-15-,23-21-,59-57+. The SMILES string of the molecule is CCCCCCC/C=C\C/C=C\CCCCCCCCCCCCCCCCCCCCCCCCCC(=O)NC(COC1OC(CO)C(OC2OC(CO)C(O)C(O)C2O)C(O)C1O)C(O)/C=C/CCCCCCCCCCCCCCCCCCCCC. The Morgan fingerprint density at radius 1 is 0.400 bits per heavy atom. The van der Waals surface area contributed by atoms with Gasteiger partial charge in [-0.2, -0.15) is 0 Å². The molecule has 14 nitrogen and oxygen atoms in total. The third kappa shape index (κ3) is 44.0. The molecule has 0 aromatic carbocycles. The number of carbonyl (C=O) groups excluding carboxylic acids is 1. The molecule has 0 spiro atoms. The largest absolute Gasteiger partial charge is 0.394 e. The third-order valence-electron chi connectivity index (χ3n) is 18.8. The molecule has 0 saturated carbocycles. The summed E-state index contributed by atoms with van der Waals surface area (Å²) in [6.45, 7) is 2.84. The first-order valence-corrected chi connectivity index (χ1v) is 38.2. The maximum absolute atomic E-state index is 13.4. The van der Waals surface area contributed by atoms with Crippen LogP contribution in [0.2, 0.25) is 0 Å². The highest BCUT2D eigenvalue weighted by atomic mass is 16.7. The summed E-state index contributed by atoms with van der Waals surface area (Å²) in [5.41, 5.74) is 0. The molecule has 2 heterocycles. The molecule has 14 heteroatoms. The number of aliphatic hydroxyl groups excluding tert-OH is 8. The van der Waals surface area contributed by atoms with Gasteiger partial charge < -0.3 is 65.1 Å². The summed E-state index contributed by atoms with van der Waals surface area (Å²) in [5.74, 6) is -0.232. The normalized spacial score (nSPS) is 23.0. The van der Waals surface area contributed by atoms with E-state index in [-0.39, 0.29) is 18.9 Å². The Balaban J connectivity index is 1.61. The number of allylic oxidation sites excluding steroid dienone is 5. The van der Waals surface area contributed by atoms with Gasteiger partial charge in [-0.3, -0.25) is 4.79 Å². The zero-order valence-corrected chi connectivity index (χ0v) is 57.9. The van der Waals surface area contributed by atoms with Crippen molar-refractivity contribution in [2.75, 3.05) is 19.8 Å². The van der Waals surface area contributed by atoms with Crippen molar-refractivity contribution in [3.8, 4) is 0 Å². The van der Waals surface area contributed by atoms with E-state index in [4.69, 9.17) is 18.9 Å². The summed E-state index contributed by atoms with van der Waals surface area (Å²) in [6.07, 6.45) is 62.2. The van der Waals surface area contributed by atoms with Crippen LogP contribution in [0.4, 0.5) is 0 Å². The zero-order chi connectivity index (χ0) is 65.2. The van der Waals surface area contributed by atoms with Crippen LogP contribution in [0.3, 0.4) is 0 Å². The molecule has 0 aromatic heterocycles. The Morgan fingerprint density at radius 3 is 1.11 bits per heavy atom. The van der Waals surface area contributed by atoms with Gasteiger partial charge in [-0.1, -0.05) is 326 Å². The molecule has 2 aliphatic rings. The first-order chi connectivity index (χ1) is 44.1. The molecule has 0 aromatic rings. The molecule has 0 aliphatic carbocycles. The molecule has 2 saturated heterocycles. The van der Waals surface area contributed by atoms with Crippen LogP contribution in [-0.2, 0) is 23.7 Å². The van der Waals surface area contributed by atoms with Crippen molar-refractivity contribution < 1.29 is 64.6 Å². The molecule has 12 unspecified atom stereocenters. The molecular weight excluding hydrogens is 1130 g/mol. The van der Waals surface area contributed by atoms with Gasteiger partial charge >= 0.3 is 0 Å². The number of ether oxygens (including phenoxy) is 4. The van der Waals surface area contributed by atoms with Crippen molar-refractivity contribution in [3.05, 3.63) is 36.5 Å². The van der Waals surface area contributed by atoms with E-state index in [9.17, 15) is 45.6 Å². The smallest absolute Gasteiger partial charge is 0.220 e. The fourth-order valence-corrected chi connectivity index (χ4v) is 12.7.